The fourth-order valence-corrected chi connectivity index (χ4v) is 1.31. The summed E-state index contributed by atoms with van der Waals surface area (Å²) in [4.78, 5) is 10.6. The maximum atomic E-state index is 12.2. The highest BCUT2D eigenvalue weighted by molar-refractivity contribution is 9.09. The predicted octanol–water partition coefficient (Wildman–Crippen LogP) is 1.99. The van der Waals surface area contributed by atoms with Crippen LogP contribution in [0.4, 0.5) is 13.2 Å². The van der Waals surface area contributed by atoms with Crippen molar-refractivity contribution in [3.05, 3.63) is 17.5 Å². The fraction of sp³-hybridized carbons (Fsp3) is 0.429. The van der Waals surface area contributed by atoms with Crippen molar-refractivity contribution >= 4 is 21.9 Å². The van der Waals surface area contributed by atoms with E-state index in [9.17, 15) is 18.0 Å². The van der Waals surface area contributed by atoms with E-state index in [2.05, 4.69) is 21.0 Å². The van der Waals surface area contributed by atoms with E-state index in [-0.39, 0.29) is 6.54 Å². The molecule has 1 heterocycles. The summed E-state index contributed by atoms with van der Waals surface area (Å²) in [5.41, 5.74) is -1.66. The third-order valence-corrected chi connectivity index (χ3v) is 1.94. The standard InChI is InChI=1S/C7H6BrF3N2O2/c8-1-2-13-4(6(14)15)3-5(12-13)7(9,10)11/h3H,1-2H2,(H,14,15). The molecule has 0 saturated carbocycles. The Hall–Kier alpha value is -1.05. The van der Waals surface area contributed by atoms with Gasteiger partial charge in [-0.1, -0.05) is 15.9 Å². The van der Waals surface area contributed by atoms with Gasteiger partial charge in [-0.05, 0) is 0 Å². The van der Waals surface area contributed by atoms with Gasteiger partial charge in [0.05, 0.1) is 6.54 Å². The molecule has 0 amide bonds. The molecule has 8 heteroatoms. The number of carboxylic acids is 1. The number of carboxylic acid groups (broad SMARTS) is 1. The van der Waals surface area contributed by atoms with Crippen LogP contribution in [0.5, 0.6) is 0 Å². The molecule has 0 unspecified atom stereocenters. The Kier molecular flexibility index (Phi) is 3.38. The van der Waals surface area contributed by atoms with Gasteiger partial charge >= 0.3 is 12.1 Å². The summed E-state index contributed by atoms with van der Waals surface area (Å²) in [7, 11) is 0. The van der Waals surface area contributed by atoms with Crippen LogP contribution in [-0.4, -0.2) is 26.2 Å². The van der Waals surface area contributed by atoms with Crippen molar-refractivity contribution in [3.63, 3.8) is 0 Å². The Bertz CT molecular complexity index is 375. The number of nitrogens with zero attached hydrogens (tertiary/aromatic N) is 2. The summed E-state index contributed by atoms with van der Waals surface area (Å²) in [6.45, 7) is 0.0672. The molecular weight excluding hydrogens is 281 g/mol. The summed E-state index contributed by atoms with van der Waals surface area (Å²) >= 11 is 2.99. The highest BCUT2D eigenvalue weighted by Gasteiger charge is 2.35. The number of alkyl halides is 4. The molecule has 1 aromatic rings. The topological polar surface area (TPSA) is 55.1 Å². The van der Waals surface area contributed by atoms with Crippen molar-refractivity contribution in [1.29, 1.82) is 0 Å². The monoisotopic (exact) mass is 286 g/mol. The lowest BCUT2D eigenvalue weighted by atomic mass is 10.3. The molecule has 1 aromatic heterocycles. The van der Waals surface area contributed by atoms with Crippen LogP contribution in [-0.2, 0) is 12.7 Å². The van der Waals surface area contributed by atoms with Gasteiger partial charge in [-0.2, -0.15) is 18.3 Å². The largest absolute Gasteiger partial charge is 0.477 e. The molecule has 15 heavy (non-hydrogen) atoms. The van der Waals surface area contributed by atoms with E-state index in [0.29, 0.717) is 11.4 Å². The molecule has 0 fully saturated rings. The first kappa shape index (κ1) is 12.0. The lowest BCUT2D eigenvalue weighted by molar-refractivity contribution is -0.141. The minimum atomic E-state index is -4.62. The average molecular weight is 287 g/mol. The Morgan fingerprint density at radius 3 is 2.60 bits per heavy atom. The van der Waals surface area contributed by atoms with E-state index in [1.165, 1.54) is 0 Å². The second-order valence-electron chi connectivity index (χ2n) is 2.63. The van der Waals surface area contributed by atoms with Crippen molar-refractivity contribution in [3.8, 4) is 0 Å². The van der Waals surface area contributed by atoms with Crippen LogP contribution in [0.2, 0.25) is 0 Å². The summed E-state index contributed by atoms with van der Waals surface area (Å²) in [6.07, 6.45) is -4.62. The number of aryl methyl sites for hydroxylation is 1. The number of hydrogen-bond donors (Lipinski definition) is 1. The summed E-state index contributed by atoms with van der Waals surface area (Å²) in [6, 6.07) is 0.519. The van der Waals surface area contributed by atoms with Gasteiger partial charge in [-0.3, -0.25) is 4.68 Å². The molecule has 0 atom stereocenters. The van der Waals surface area contributed by atoms with E-state index in [1.807, 2.05) is 0 Å². The second-order valence-corrected chi connectivity index (χ2v) is 3.42. The Morgan fingerprint density at radius 2 is 2.20 bits per heavy atom. The van der Waals surface area contributed by atoms with Gasteiger partial charge in [0.25, 0.3) is 0 Å². The number of carbonyl (C=O) groups is 1. The summed E-state index contributed by atoms with van der Waals surface area (Å²) in [5, 5.41) is 12.1. The van der Waals surface area contributed by atoms with Crippen LogP contribution in [0.3, 0.4) is 0 Å². The quantitative estimate of drug-likeness (QED) is 0.865. The van der Waals surface area contributed by atoms with Crippen molar-refractivity contribution in [2.75, 3.05) is 5.33 Å². The molecule has 84 valence electrons. The number of halogens is 4. The Morgan fingerprint density at radius 1 is 1.60 bits per heavy atom. The van der Waals surface area contributed by atoms with Crippen molar-refractivity contribution in [2.45, 2.75) is 12.7 Å². The minimum Gasteiger partial charge on any atom is -0.477 e. The van der Waals surface area contributed by atoms with E-state index >= 15 is 0 Å². The Labute approximate surface area is 90.8 Å². The third kappa shape index (κ3) is 2.71. The maximum Gasteiger partial charge on any atom is 0.435 e. The first-order chi connectivity index (χ1) is 6.86. The molecule has 0 aliphatic heterocycles. The van der Waals surface area contributed by atoms with Crippen molar-refractivity contribution < 1.29 is 23.1 Å². The molecule has 0 saturated heterocycles. The molecule has 0 spiro atoms. The zero-order valence-electron chi connectivity index (χ0n) is 7.25. The summed E-state index contributed by atoms with van der Waals surface area (Å²) in [5.74, 6) is -1.43. The van der Waals surface area contributed by atoms with E-state index in [0.717, 1.165) is 4.68 Å². The highest BCUT2D eigenvalue weighted by atomic mass is 79.9. The van der Waals surface area contributed by atoms with Gasteiger partial charge in [-0.25, -0.2) is 4.79 Å². The van der Waals surface area contributed by atoms with E-state index < -0.39 is 23.5 Å². The number of rotatable bonds is 3. The third-order valence-electron chi connectivity index (χ3n) is 1.59. The average Bonchev–Trinajstić information content (AvgIpc) is 2.48. The number of hydrogen-bond acceptors (Lipinski definition) is 2. The smallest absolute Gasteiger partial charge is 0.435 e. The van der Waals surface area contributed by atoms with Gasteiger partial charge in [0.1, 0.15) is 5.69 Å². The van der Waals surface area contributed by atoms with Crippen LogP contribution in [0.25, 0.3) is 0 Å². The van der Waals surface area contributed by atoms with Crippen molar-refractivity contribution in [1.82, 2.24) is 9.78 Å². The van der Waals surface area contributed by atoms with Crippen molar-refractivity contribution in [2.24, 2.45) is 0 Å². The van der Waals surface area contributed by atoms with Gasteiger partial charge in [0.15, 0.2) is 5.69 Å². The Balaban J connectivity index is 3.15. The van der Waals surface area contributed by atoms with Gasteiger partial charge in [0, 0.05) is 11.4 Å². The van der Waals surface area contributed by atoms with E-state index in [1.54, 1.807) is 0 Å². The molecule has 1 N–H and O–H groups in total. The molecule has 0 bridgehead atoms. The zero-order valence-corrected chi connectivity index (χ0v) is 8.84. The molecular formula is C7H6BrF3N2O2. The van der Waals surface area contributed by atoms with Crippen LogP contribution in [0.1, 0.15) is 16.2 Å². The molecule has 4 nitrogen and oxygen atoms in total. The predicted molar refractivity (Wildman–Crippen MR) is 48.0 cm³/mol. The zero-order chi connectivity index (χ0) is 11.6. The van der Waals surface area contributed by atoms with Gasteiger partial charge < -0.3 is 5.11 Å². The SMILES string of the molecule is O=C(O)c1cc(C(F)(F)F)nn1CCBr. The normalized spacial score (nSPS) is 11.7. The first-order valence-corrected chi connectivity index (χ1v) is 4.92. The highest BCUT2D eigenvalue weighted by Crippen LogP contribution is 2.28. The van der Waals surface area contributed by atoms with Crippen LogP contribution >= 0.6 is 15.9 Å². The molecule has 1 rings (SSSR count). The van der Waals surface area contributed by atoms with Crippen LogP contribution in [0.15, 0.2) is 6.07 Å². The van der Waals surface area contributed by atoms with E-state index in [4.69, 9.17) is 5.11 Å². The number of aromatic carboxylic acids is 1. The van der Waals surface area contributed by atoms with Crippen LogP contribution in [0, 0.1) is 0 Å². The minimum absolute atomic E-state index is 0.0672. The second kappa shape index (κ2) is 4.21. The fourth-order valence-electron chi connectivity index (χ4n) is 0.978. The lowest BCUT2D eigenvalue weighted by Crippen LogP contribution is -2.11. The molecule has 0 aliphatic rings. The molecule has 0 aromatic carbocycles. The van der Waals surface area contributed by atoms with Crippen LogP contribution < -0.4 is 0 Å². The maximum absolute atomic E-state index is 12.2. The van der Waals surface area contributed by atoms with Gasteiger partial charge in [0.2, 0.25) is 0 Å². The summed E-state index contributed by atoms with van der Waals surface area (Å²) < 4.78 is 37.4. The van der Waals surface area contributed by atoms with Gasteiger partial charge in [-0.15, -0.1) is 0 Å². The lowest BCUT2D eigenvalue weighted by Gasteiger charge is -2.01. The molecule has 0 radical (unpaired) electrons. The molecule has 0 aliphatic carbocycles. The first-order valence-electron chi connectivity index (χ1n) is 3.80. The number of aromatic nitrogens is 2.